The van der Waals surface area contributed by atoms with Gasteiger partial charge in [-0.05, 0) is 42.2 Å². The highest BCUT2D eigenvalue weighted by molar-refractivity contribution is 14.0. The summed E-state index contributed by atoms with van der Waals surface area (Å²) in [5.41, 5.74) is 3.05. The van der Waals surface area contributed by atoms with E-state index < -0.39 is 0 Å². The van der Waals surface area contributed by atoms with Crippen LogP contribution in [0.4, 0.5) is 0 Å². The Balaban J connectivity index is 0.00000210. The first-order valence-corrected chi connectivity index (χ1v) is 9.99. The first-order chi connectivity index (χ1) is 12.7. The maximum absolute atomic E-state index is 11.8. The maximum Gasteiger partial charge on any atom is 0.222 e. The van der Waals surface area contributed by atoms with E-state index in [9.17, 15) is 4.79 Å². The van der Waals surface area contributed by atoms with Crippen LogP contribution in [0.5, 0.6) is 0 Å². The van der Waals surface area contributed by atoms with Gasteiger partial charge in [0.15, 0.2) is 5.96 Å². The smallest absolute Gasteiger partial charge is 0.222 e. The number of hydrogen-bond acceptors (Lipinski definition) is 2. The lowest BCUT2D eigenvalue weighted by Gasteiger charge is -2.38. The molecule has 1 spiro atoms. The molecule has 1 amide bonds. The van der Waals surface area contributed by atoms with Crippen molar-refractivity contribution in [3.63, 3.8) is 0 Å². The number of hydrogen-bond donors (Lipinski definition) is 1. The van der Waals surface area contributed by atoms with E-state index in [4.69, 9.17) is 0 Å². The number of benzene rings is 1. The van der Waals surface area contributed by atoms with Crippen molar-refractivity contribution >= 4 is 35.8 Å². The first kappa shape index (κ1) is 20.4. The monoisotopic (exact) mass is 482 g/mol. The molecule has 1 aromatic rings. The highest BCUT2D eigenvalue weighted by Gasteiger charge is 2.43. The Bertz CT molecular complexity index is 684. The van der Waals surface area contributed by atoms with Gasteiger partial charge in [-0.2, -0.15) is 0 Å². The van der Waals surface area contributed by atoms with Crippen LogP contribution in [-0.4, -0.2) is 48.3 Å². The number of guanidine groups is 1. The van der Waals surface area contributed by atoms with E-state index in [1.54, 1.807) is 0 Å². The average molecular weight is 482 g/mol. The van der Waals surface area contributed by atoms with E-state index in [0.717, 1.165) is 45.1 Å². The summed E-state index contributed by atoms with van der Waals surface area (Å²) < 4.78 is 0. The molecule has 1 N–H and O–H groups in total. The fourth-order valence-electron chi connectivity index (χ4n) is 4.57. The molecule has 148 valence electrons. The van der Waals surface area contributed by atoms with Crippen LogP contribution < -0.4 is 5.32 Å². The predicted molar refractivity (Wildman–Crippen MR) is 119 cm³/mol. The molecular weight excluding hydrogens is 451 g/mol. The van der Waals surface area contributed by atoms with E-state index in [1.807, 2.05) is 11.9 Å². The summed E-state index contributed by atoms with van der Waals surface area (Å²) in [5.74, 6) is 1.31. The third kappa shape index (κ3) is 4.58. The zero-order valence-electron chi connectivity index (χ0n) is 16.2. The van der Waals surface area contributed by atoms with E-state index in [-0.39, 0.29) is 29.9 Å². The molecule has 1 saturated carbocycles. The van der Waals surface area contributed by atoms with Gasteiger partial charge in [0.05, 0.1) is 0 Å². The molecule has 0 atom stereocenters. The Morgan fingerprint density at radius 2 is 1.85 bits per heavy atom. The summed E-state index contributed by atoms with van der Waals surface area (Å²) in [5, 5.41) is 3.52. The molecule has 6 heteroatoms. The van der Waals surface area contributed by atoms with Crippen molar-refractivity contribution in [3.8, 4) is 0 Å². The zero-order chi connectivity index (χ0) is 18.0. The van der Waals surface area contributed by atoms with Crippen LogP contribution in [0.1, 0.15) is 49.7 Å². The predicted octanol–water partition coefficient (Wildman–Crippen LogP) is 3.38. The van der Waals surface area contributed by atoms with Crippen molar-refractivity contribution < 1.29 is 4.79 Å². The van der Waals surface area contributed by atoms with Crippen LogP contribution in [0.25, 0.3) is 0 Å². The summed E-state index contributed by atoms with van der Waals surface area (Å²) in [7, 11) is 1.88. The van der Waals surface area contributed by atoms with Gasteiger partial charge < -0.3 is 15.1 Å². The Morgan fingerprint density at radius 3 is 2.41 bits per heavy atom. The Labute approximate surface area is 179 Å². The van der Waals surface area contributed by atoms with Crippen molar-refractivity contribution in [2.45, 2.75) is 51.6 Å². The van der Waals surface area contributed by atoms with Gasteiger partial charge in [0.2, 0.25) is 5.91 Å². The van der Waals surface area contributed by atoms with Crippen LogP contribution in [-0.2, 0) is 17.9 Å². The van der Waals surface area contributed by atoms with Crippen molar-refractivity contribution in [1.82, 2.24) is 15.1 Å². The van der Waals surface area contributed by atoms with Crippen LogP contribution >= 0.6 is 24.0 Å². The molecule has 2 saturated heterocycles. The molecule has 3 fully saturated rings. The molecule has 4 rings (SSSR count). The van der Waals surface area contributed by atoms with E-state index in [0.29, 0.717) is 11.8 Å². The van der Waals surface area contributed by atoms with Crippen LogP contribution in [0.2, 0.25) is 0 Å². The molecule has 0 unspecified atom stereocenters. The van der Waals surface area contributed by atoms with Crippen LogP contribution in [0.15, 0.2) is 29.3 Å². The fraction of sp³-hybridized carbons (Fsp3) is 0.619. The second kappa shape index (κ2) is 8.80. The number of carbonyl (C=O) groups is 1. The number of amides is 1. The molecule has 1 aromatic carbocycles. The number of carbonyl (C=O) groups excluding carboxylic acids is 1. The topological polar surface area (TPSA) is 47.9 Å². The molecule has 27 heavy (non-hydrogen) atoms. The number of likely N-dealkylation sites (tertiary alicyclic amines) is 2. The van der Waals surface area contributed by atoms with Crippen LogP contribution in [0.3, 0.4) is 0 Å². The lowest BCUT2D eigenvalue weighted by molar-refractivity contribution is -0.128. The number of halogens is 1. The third-order valence-corrected chi connectivity index (χ3v) is 6.38. The fourth-order valence-corrected chi connectivity index (χ4v) is 4.57. The second-order valence-electron chi connectivity index (χ2n) is 8.16. The minimum Gasteiger partial charge on any atom is -0.352 e. The van der Waals surface area contributed by atoms with Gasteiger partial charge in [0.1, 0.15) is 0 Å². The quantitative estimate of drug-likeness (QED) is 0.407. The molecule has 5 nitrogen and oxygen atoms in total. The highest BCUT2D eigenvalue weighted by atomic mass is 127. The van der Waals surface area contributed by atoms with Gasteiger partial charge in [-0.25, -0.2) is 0 Å². The normalized spacial score (nSPS) is 21.4. The van der Waals surface area contributed by atoms with Gasteiger partial charge in [0, 0.05) is 46.2 Å². The largest absolute Gasteiger partial charge is 0.352 e. The summed E-state index contributed by atoms with van der Waals surface area (Å²) in [6.07, 6.45) is 7.20. The standard InChI is InChI=1S/C21H30N4O.HI/c1-22-20(25-13-11-21(16-25)9-3-10-21)23-14-17-5-7-18(8-6-17)15-24-12-2-4-19(24)26;/h5-8H,2-4,9-16H2,1H3,(H,22,23);1H. The van der Waals surface area contributed by atoms with Gasteiger partial charge in [-0.1, -0.05) is 30.7 Å². The van der Waals surface area contributed by atoms with Gasteiger partial charge in [0.25, 0.3) is 0 Å². The van der Waals surface area contributed by atoms with Crippen LogP contribution in [0, 0.1) is 5.41 Å². The van der Waals surface area contributed by atoms with E-state index in [2.05, 4.69) is 39.5 Å². The van der Waals surface area contributed by atoms with E-state index >= 15 is 0 Å². The maximum atomic E-state index is 11.8. The third-order valence-electron chi connectivity index (χ3n) is 6.38. The zero-order valence-corrected chi connectivity index (χ0v) is 18.6. The Morgan fingerprint density at radius 1 is 1.11 bits per heavy atom. The van der Waals surface area contributed by atoms with Crippen molar-refractivity contribution in [2.75, 3.05) is 26.7 Å². The number of aliphatic imine (C=N–C) groups is 1. The Hall–Kier alpha value is -1.31. The summed E-state index contributed by atoms with van der Waals surface area (Å²) in [6.45, 7) is 4.72. The summed E-state index contributed by atoms with van der Waals surface area (Å²) in [6, 6.07) is 8.61. The highest BCUT2D eigenvalue weighted by Crippen LogP contribution is 2.47. The van der Waals surface area contributed by atoms with Crippen molar-refractivity contribution in [1.29, 1.82) is 0 Å². The molecular formula is C21H31IN4O. The Kier molecular flexibility index (Phi) is 6.65. The molecule has 0 radical (unpaired) electrons. The summed E-state index contributed by atoms with van der Waals surface area (Å²) in [4.78, 5) is 20.6. The SMILES string of the molecule is CN=C(NCc1ccc(CN2CCCC2=O)cc1)N1CCC2(CCC2)C1.I. The van der Waals surface area contributed by atoms with Gasteiger partial charge >= 0.3 is 0 Å². The number of nitrogens with zero attached hydrogens (tertiary/aromatic N) is 3. The molecule has 0 aromatic heterocycles. The summed E-state index contributed by atoms with van der Waals surface area (Å²) >= 11 is 0. The molecule has 1 aliphatic carbocycles. The minimum absolute atomic E-state index is 0. The van der Waals surface area contributed by atoms with Gasteiger partial charge in [-0.3, -0.25) is 9.79 Å². The number of nitrogens with one attached hydrogen (secondary N) is 1. The van der Waals surface area contributed by atoms with Crippen molar-refractivity contribution in [3.05, 3.63) is 35.4 Å². The van der Waals surface area contributed by atoms with Crippen molar-refractivity contribution in [2.24, 2.45) is 10.4 Å². The minimum atomic E-state index is 0. The number of rotatable bonds is 4. The second-order valence-corrected chi connectivity index (χ2v) is 8.16. The molecule has 0 bridgehead atoms. The van der Waals surface area contributed by atoms with Gasteiger partial charge in [-0.15, -0.1) is 24.0 Å². The van der Waals surface area contributed by atoms with E-state index in [1.165, 1.54) is 36.8 Å². The molecule has 2 aliphatic heterocycles. The first-order valence-electron chi connectivity index (χ1n) is 9.99. The lowest BCUT2D eigenvalue weighted by atomic mass is 9.68. The lowest BCUT2D eigenvalue weighted by Crippen LogP contribution is -2.42. The molecule has 2 heterocycles. The average Bonchev–Trinajstić information content (AvgIpc) is 3.24. The molecule has 3 aliphatic rings.